The maximum absolute atomic E-state index is 6.01. The van der Waals surface area contributed by atoms with Gasteiger partial charge >= 0.3 is 0 Å². The van der Waals surface area contributed by atoms with Crippen LogP contribution in [0.25, 0.3) is 0 Å². The van der Waals surface area contributed by atoms with Gasteiger partial charge in [0, 0.05) is 24.2 Å². The van der Waals surface area contributed by atoms with Crippen molar-refractivity contribution in [1.82, 2.24) is 0 Å². The van der Waals surface area contributed by atoms with Gasteiger partial charge in [0.1, 0.15) is 5.76 Å². The molecule has 0 amide bonds. The fraction of sp³-hybridized carbons (Fsp3) is 0.312. The highest BCUT2D eigenvalue weighted by molar-refractivity contribution is 9.10. The van der Waals surface area contributed by atoms with Gasteiger partial charge in [0.25, 0.3) is 0 Å². The van der Waals surface area contributed by atoms with Gasteiger partial charge in [0.05, 0.1) is 29.6 Å². The number of halogens is 2. The summed E-state index contributed by atoms with van der Waals surface area (Å²) in [6.45, 7) is 5.10. The SMILES string of the molecule is Cc1ccc(Cl)cc1N=Cc1cc(Br)c(N2CCOCC2)o1. The van der Waals surface area contributed by atoms with Gasteiger partial charge in [-0.25, -0.2) is 0 Å². The Bertz CT molecular complexity index is 693. The van der Waals surface area contributed by atoms with Crippen LogP contribution < -0.4 is 4.90 Å². The number of hydrogen-bond acceptors (Lipinski definition) is 4. The topological polar surface area (TPSA) is 38.0 Å². The van der Waals surface area contributed by atoms with Gasteiger partial charge < -0.3 is 14.1 Å². The minimum Gasteiger partial charge on any atom is -0.438 e. The number of ether oxygens (including phenoxy) is 1. The number of anilines is 1. The zero-order chi connectivity index (χ0) is 15.5. The lowest BCUT2D eigenvalue weighted by atomic mass is 10.2. The third-order valence-electron chi connectivity index (χ3n) is 3.49. The molecule has 1 aliphatic rings. The van der Waals surface area contributed by atoms with E-state index in [0.29, 0.717) is 10.8 Å². The van der Waals surface area contributed by atoms with Crippen molar-refractivity contribution >= 4 is 45.3 Å². The first-order valence-corrected chi connectivity index (χ1v) is 8.23. The molecular weight excluding hydrogens is 368 g/mol. The summed E-state index contributed by atoms with van der Waals surface area (Å²) in [4.78, 5) is 6.63. The Kier molecular flexibility index (Phi) is 4.86. The van der Waals surface area contributed by atoms with Crippen molar-refractivity contribution in [1.29, 1.82) is 0 Å². The molecule has 1 fully saturated rings. The summed E-state index contributed by atoms with van der Waals surface area (Å²) in [6.07, 6.45) is 1.72. The van der Waals surface area contributed by atoms with Crippen LogP contribution >= 0.6 is 27.5 Å². The molecule has 0 saturated carbocycles. The predicted molar refractivity (Wildman–Crippen MR) is 92.9 cm³/mol. The van der Waals surface area contributed by atoms with E-state index in [0.717, 1.165) is 47.9 Å². The molecule has 0 unspecified atom stereocenters. The number of hydrogen-bond donors (Lipinski definition) is 0. The van der Waals surface area contributed by atoms with Crippen molar-refractivity contribution in [3.8, 4) is 0 Å². The number of nitrogens with zero attached hydrogens (tertiary/aromatic N) is 2. The smallest absolute Gasteiger partial charge is 0.210 e. The molecule has 1 aromatic heterocycles. The molecule has 0 radical (unpaired) electrons. The van der Waals surface area contributed by atoms with Crippen LogP contribution in [0.3, 0.4) is 0 Å². The Morgan fingerprint density at radius 2 is 2.05 bits per heavy atom. The molecule has 1 aromatic carbocycles. The highest BCUT2D eigenvalue weighted by Crippen LogP contribution is 2.31. The van der Waals surface area contributed by atoms with Crippen LogP contribution in [0.4, 0.5) is 11.6 Å². The number of furan rings is 1. The highest BCUT2D eigenvalue weighted by atomic mass is 79.9. The number of morpholine rings is 1. The predicted octanol–water partition coefficient (Wildman–Crippen LogP) is 4.59. The molecule has 116 valence electrons. The maximum atomic E-state index is 6.01. The first-order valence-electron chi connectivity index (χ1n) is 7.06. The third kappa shape index (κ3) is 3.54. The quantitative estimate of drug-likeness (QED) is 0.728. The zero-order valence-corrected chi connectivity index (χ0v) is 14.5. The second kappa shape index (κ2) is 6.86. The van der Waals surface area contributed by atoms with Gasteiger partial charge in [-0.1, -0.05) is 17.7 Å². The van der Waals surface area contributed by atoms with E-state index in [9.17, 15) is 0 Å². The Labute approximate surface area is 142 Å². The fourth-order valence-corrected chi connectivity index (χ4v) is 3.00. The maximum Gasteiger partial charge on any atom is 0.210 e. The molecule has 2 heterocycles. The summed E-state index contributed by atoms with van der Waals surface area (Å²) in [5.41, 5.74) is 1.91. The molecule has 3 rings (SSSR count). The molecule has 0 atom stereocenters. The van der Waals surface area contributed by atoms with Crippen molar-refractivity contribution in [2.45, 2.75) is 6.92 Å². The van der Waals surface area contributed by atoms with Gasteiger partial charge in [-0.15, -0.1) is 0 Å². The van der Waals surface area contributed by atoms with Crippen molar-refractivity contribution in [3.63, 3.8) is 0 Å². The molecule has 4 nitrogen and oxygen atoms in total. The summed E-state index contributed by atoms with van der Waals surface area (Å²) in [5, 5.41) is 0.674. The van der Waals surface area contributed by atoms with Gasteiger partial charge in [-0.3, -0.25) is 4.99 Å². The van der Waals surface area contributed by atoms with E-state index in [2.05, 4.69) is 25.8 Å². The largest absolute Gasteiger partial charge is 0.438 e. The molecule has 0 aliphatic carbocycles. The van der Waals surface area contributed by atoms with E-state index in [-0.39, 0.29) is 0 Å². The van der Waals surface area contributed by atoms with E-state index < -0.39 is 0 Å². The van der Waals surface area contributed by atoms with Crippen LogP contribution in [0.1, 0.15) is 11.3 Å². The van der Waals surface area contributed by atoms with Gasteiger partial charge in [0.15, 0.2) is 0 Å². The van der Waals surface area contributed by atoms with Crippen molar-refractivity contribution in [3.05, 3.63) is 45.1 Å². The molecule has 1 aliphatic heterocycles. The van der Waals surface area contributed by atoms with Crippen LogP contribution in [0.5, 0.6) is 0 Å². The summed E-state index contributed by atoms with van der Waals surface area (Å²) in [6, 6.07) is 7.57. The van der Waals surface area contributed by atoms with E-state index in [1.54, 1.807) is 6.21 Å². The number of aryl methyl sites for hydroxylation is 1. The Hall–Kier alpha value is -1.30. The molecule has 0 bridgehead atoms. The first-order chi connectivity index (χ1) is 10.6. The van der Waals surface area contributed by atoms with Gasteiger partial charge in [-0.2, -0.15) is 0 Å². The molecule has 2 aromatic rings. The summed E-state index contributed by atoms with van der Waals surface area (Å²) in [5.74, 6) is 1.53. The van der Waals surface area contributed by atoms with Crippen molar-refractivity contribution in [2.24, 2.45) is 4.99 Å². The standard InChI is InChI=1S/C16H16BrClN2O2/c1-11-2-3-12(18)8-15(11)19-10-13-9-14(17)16(22-13)20-4-6-21-7-5-20/h2-3,8-10H,4-7H2,1H3. The highest BCUT2D eigenvalue weighted by Gasteiger charge is 2.18. The first kappa shape index (κ1) is 15.6. The number of benzene rings is 1. The lowest BCUT2D eigenvalue weighted by Crippen LogP contribution is -2.36. The van der Waals surface area contributed by atoms with Gasteiger partial charge in [-0.05, 0) is 40.5 Å². The van der Waals surface area contributed by atoms with Crippen molar-refractivity contribution in [2.75, 3.05) is 31.2 Å². The van der Waals surface area contributed by atoms with Crippen LogP contribution in [-0.4, -0.2) is 32.5 Å². The monoisotopic (exact) mass is 382 g/mol. The summed E-state index contributed by atoms with van der Waals surface area (Å²) >= 11 is 9.55. The number of rotatable bonds is 3. The van der Waals surface area contributed by atoms with Crippen LogP contribution in [0.15, 0.2) is 38.1 Å². The molecule has 0 N–H and O–H groups in total. The Balaban J connectivity index is 1.80. The van der Waals surface area contributed by atoms with E-state index in [1.807, 2.05) is 31.2 Å². The lowest BCUT2D eigenvalue weighted by Gasteiger charge is -2.26. The zero-order valence-electron chi connectivity index (χ0n) is 12.2. The van der Waals surface area contributed by atoms with Crippen molar-refractivity contribution < 1.29 is 9.15 Å². The molecule has 1 saturated heterocycles. The second-order valence-corrected chi connectivity index (χ2v) is 6.38. The molecule has 22 heavy (non-hydrogen) atoms. The van der Waals surface area contributed by atoms with Gasteiger partial charge in [0.2, 0.25) is 5.88 Å². The number of aliphatic imine (C=N–C) groups is 1. The van der Waals surface area contributed by atoms with E-state index >= 15 is 0 Å². The Morgan fingerprint density at radius 1 is 1.27 bits per heavy atom. The molecule has 6 heteroatoms. The van der Waals surface area contributed by atoms with Crippen LogP contribution in [0.2, 0.25) is 5.02 Å². The van der Waals surface area contributed by atoms with E-state index in [4.69, 9.17) is 20.8 Å². The summed E-state index contributed by atoms with van der Waals surface area (Å²) in [7, 11) is 0. The van der Waals surface area contributed by atoms with E-state index in [1.165, 1.54) is 0 Å². The minimum absolute atomic E-state index is 0.674. The third-order valence-corrected chi connectivity index (χ3v) is 4.29. The summed E-state index contributed by atoms with van der Waals surface area (Å²) < 4.78 is 12.2. The fourth-order valence-electron chi connectivity index (χ4n) is 2.28. The molecule has 0 spiro atoms. The average molecular weight is 384 g/mol. The second-order valence-electron chi connectivity index (χ2n) is 5.09. The average Bonchev–Trinajstić information content (AvgIpc) is 2.90. The van der Waals surface area contributed by atoms with Crippen LogP contribution in [-0.2, 0) is 4.74 Å². The lowest BCUT2D eigenvalue weighted by molar-refractivity contribution is 0.120. The Morgan fingerprint density at radius 3 is 2.82 bits per heavy atom. The van der Waals surface area contributed by atoms with Crippen LogP contribution in [0, 0.1) is 6.92 Å². The normalized spacial score (nSPS) is 15.7. The minimum atomic E-state index is 0.674. The molecular formula is C16H16BrClN2O2.